The van der Waals surface area contributed by atoms with Crippen LogP contribution in [0.1, 0.15) is 30.0 Å². The smallest absolute Gasteiger partial charge is 0.306 e. The number of carbonyl (C=O) groups excluding carboxylic acids is 1. The Morgan fingerprint density at radius 3 is 2.79 bits per heavy atom. The third kappa shape index (κ3) is 3.40. The maximum absolute atomic E-state index is 12.1. The van der Waals surface area contributed by atoms with E-state index in [1.54, 1.807) is 0 Å². The van der Waals surface area contributed by atoms with E-state index < -0.39 is 0 Å². The first-order valence-corrected chi connectivity index (χ1v) is 10.1. The van der Waals surface area contributed by atoms with Crippen molar-refractivity contribution in [3.63, 3.8) is 0 Å². The number of hydrogen-bond donors (Lipinski definition) is 1. The lowest BCUT2D eigenvalue weighted by Gasteiger charge is -2.33. The van der Waals surface area contributed by atoms with Crippen LogP contribution in [0, 0.1) is 18.3 Å². The molecular formula is C22H25N5O2. The summed E-state index contributed by atoms with van der Waals surface area (Å²) in [6.07, 6.45) is 0.817. The predicted octanol–water partition coefficient (Wildman–Crippen LogP) is 2.57. The van der Waals surface area contributed by atoms with Crippen LogP contribution in [0.3, 0.4) is 0 Å². The van der Waals surface area contributed by atoms with Crippen LogP contribution < -0.4 is 10.2 Å². The summed E-state index contributed by atoms with van der Waals surface area (Å²) in [7, 11) is 0. The van der Waals surface area contributed by atoms with Crippen molar-refractivity contribution >= 4 is 28.5 Å². The molecule has 0 bridgehead atoms. The molecule has 1 aromatic carbocycles. The van der Waals surface area contributed by atoms with Crippen molar-refractivity contribution in [1.29, 1.82) is 5.26 Å². The van der Waals surface area contributed by atoms with Gasteiger partial charge in [0.25, 0.3) is 0 Å². The maximum atomic E-state index is 12.1. The van der Waals surface area contributed by atoms with Gasteiger partial charge in [-0.3, -0.25) is 9.20 Å². The number of rotatable bonds is 5. The molecule has 7 heteroatoms. The number of piperazine rings is 1. The first kappa shape index (κ1) is 19.2. The third-order valence-electron chi connectivity index (χ3n) is 5.51. The molecule has 0 saturated carbocycles. The van der Waals surface area contributed by atoms with E-state index in [0.29, 0.717) is 24.2 Å². The number of ether oxygens (including phenoxy) is 1. The van der Waals surface area contributed by atoms with Gasteiger partial charge in [-0.05, 0) is 43.5 Å². The van der Waals surface area contributed by atoms with Crippen molar-refractivity contribution in [3.05, 3.63) is 41.0 Å². The van der Waals surface area contributed by atoms with Crippen LogP contribution in [0.2, 0.25) is 0 Å². The molecule has 1 fully saturated rings. The quantitative estimate of drug-likeness (QED) is 0.673. The monoisotopic (exact) mass is 391 g/mol. The average molecular weight is 391 g/mol. The fourth-order valence-corrected chi connectivity index (χ4v) is 4.13. The number of pyridine rings is 1. The zero-order valence-corrected chi connectivity index (χ0v) is 16.9. The zero-order valence-electron chi connectivity index (χ0n) is 16.9. The minimum Gasteiger partial charge on any atom is -0.466 e. The average Bonchev–Trinajstić information content (AvgIpc) is 3.12. The standard InChI is InChI=1S/C22H25N5O2/c1-3-29-20(28)9-8-16-15(2)17(14-23)21-25-18-6-4-5-7-19(18)27(21)22(16)26-12-10-24-11-13-26/h4-7,24H,3,8-13H2,1-2H3. The zero-order chi connectivity index (χ0) is 20.4. The minimum atomic E-state index is -0.216. The molecule has 0 atom stereocenters. The van der Waals surface area contributed by atoms with Gasteiger partial charge in [0, 0.05) is 32.6 Å². The van der Waals surface area contributed by atoms with Crippen LogP contribution in [0.4, 0.5) is 5.82 Å². The van der Waals surface area contributed by atoms with E-state index in [1.807, 2.05) is 38.1 Å². The highest BCUT2D eigenvalue weighted by Gasteiger charge is 2.25. The summed E-state index contributed by atoms with van der Waals surface area (Å²) in [5, 5.41) is 13.3. The van der Waals surface area contributed by atoms with Gasteiger partial charge >= 0.3 is 5.97 Å². The number of imidazole rings is 1. The molecule has 150 valence electrons. The van der Waals surface area contributed by atoms with Gasteiger partial charge in [0.1, 0.15) is 11.9 Å². The second-order valence-corrected chi connectivity index (χ2v) is 7.22. The van der Waals surface area contributed by atoms with E-state index in [-0.39, 0.29) is 12.4 Å². The SMILES string of the molecule is CCOC(=O)CCc1c(C)c(C#N)c2nc3ccccc3n2c1N1CCNCC1. The Labute approximate surface area is 169 Å². The Morgan fingerprint density at radius 1 is 1.31 bits per heavy atom. The lowest BCUT2D eigenvalue weighted by Crippen LogP contribution is -2.44. The van der Waals surface area contributed by atoms with Gasteiger partial charge in [0.2, 0.25) is 0 Å². The van der Waals surface area contributed by atoms with E-state index in [9.17, 15) is 10.1 Å². The fraction of sp³-hybridized carbons (Fsp3) is 0.409. The number of nitrogens with zero attached hydrogens (tertiary/aromatic N) is 4. The van der Waals surface area contributed by atoms with Crippen LogP contribution >= 0.6 is 0 Å². The third-order valence-corrected chi connectivity index (χ3v) is 5.51. The first-order valence-electron chi connectivity index (χ1n) is 10.1. The number of benzene rings is 1. The molecule has 0 aliphatic carbocycles. The molecule has 0 radical (unpaired) electrons. The lowest BCUT2D eigenvalue weighted by molar-refractivity contribution is -0.143. The van der Waals surface area contributed by atoms with Crippen molar-refractivity contribution in [2.24, 2.45) is 0 Å². The highest BCUT2D eigenvalue weighted by atomic mass is 16.5. The molecule has 2 aromatic heterocycles. The molecule has 3 aromatic rings. The number of esters is 1. The van der Waals surface area contributed by atoms with Gasteiger partial charge in [-0.2, -0.15) is 5.26 Å². The summed E-state index contributed by atoms with van der Waals surface area (Å²) in [6.45, 7) is 7.65. The number of nitrogens with one attached hydrogen (secondary N) is 1. The molecule has 1 N–H and O–H groups in total. The summed E-state index contributed by atoms with van der Waals surface area (Å²) in [6, 6.07) is 10.3. The predicted molar refractivity (Wildman–Crippen MR) is 112 cm³/mol. The molecule has 0 spiro atoms. The van der Waals surface area contributed by atoms with Crippen LogP contribution in [0.25, 0.3) is 16.7 Å². The summed E-state index contributed by atoms with van der Waals surface area (Å²) in [5.41, 5.74) is 5.01. The van der Waals surface area contributed by atoms with Crippen LogP contribution in [-0.4, -0.2) is 48.1 Å². The summed E-state index contributed by atoms with van der Waals surface area (Å²) < 4.78 is 7.25. The summed E-state index contributed by atoms with van der Waals surface area (Å²) in [4.78, 5) is 19.2. The van der Waals surface area contributed by atoms with Gasteiger partial charge in [-0.1, -0.05) is 12.1 Å². The van der Waals surface area contributed by atoms with E-state index in [4.69, 9.17) is 9.72 Å². The van der Waals surface area contributed by atoms with Crippen molar-refractivity contribution < 1.29 is 9.53 Å². The van der Waals surface area contributed by atoms with Crippen LogP contribution in [0.15, 0.2) is 24.3 Å². The topological polar surface area (TPSA) is 82.7 Å². The maximum Gasteiger partial charge on any atom is 0.306 e. The van der Waals surface area contributed by atoms with Crippen molar-refractivity contribution in [3.8, 4) is 6.07 Å². The number of anilines is 1. The highest BCUT2D eigenvalue weighted by Crippen LogP contribution is 2.34. The van der Waals surface area contributed by atoms with Gasteiger partial charge in [0.15, 0.2) is 5.65 Å². The van der Waals surface area contributed by atoms with Gasteiger partial charge in [-0.25, -0.2) is 4.98 Å². The van der Waals surface area contributed by atoms with Gasteiger partial charge in [0.05, 0.1) is 23.2 Å². The second kappa shape index (κ2) is 8.10. The highest BCUT2D eigenvalue weighted by molar-refractivity contribution is 5.86. The Kier molecular flexibility index (Phi) is 5.36. The molecule has 1 aliphatic heterocycles. The normalized spacial score (nSPS) is 14.3. The van der Waals surface area contributed by atoms with E-state index in [0.717, 1.165) is 54.2 Å². The molecule has 1 saturated heterocycles. The number of fused-ring (bicyclic) bond motifs is 3. The van der Waals surface area contributed by atoms with E-state index >= 15 is 0 Å². The van der Waals surface area contributed by atoms with Crippen molar-refractivity contribution in [1.82, 2.24) is 14.7 Å². The number of nitriles is 1. The molecule has 4 rings (SSSR count). The van der Waals surface area contributed by atoms with Crippen molar-refractivity contribution in [2.45, 2.75) is 26.7 Å². The molecule has 1 aliphatic rings. The first-order chi connectivity index (χ1) is 14.2. The molecular weight excluding hydrogens is 366 g/mol. The number of aromatic nitrogens is 2. The fourth-order valence-electron chi connectivity index (χ4n) is 4.13. The van der Waals surface area contributed by atoms with E-state index in [1.165, 1.54) is 0 Å². The minimum absolute atomic E-state index is 0.216. The number of carbonyl (C=O) groups is 1. The second-order valence-electron chi connectivity index (χ2n) is 7.22. The molecule has 0 amide bonds. The molecule has 29 heavy (non-hydrogen) atoms. The van der Waals surface area contributed by atoms with Gasteiger partial charge in [-0.15, -0.1) is 0 Å². The Morgan fingerprint density at radius 2 is 2.07 bits per heavy atom. The molecule has 0 unspecified atom stereocenters. The van der Waals surface area contributed by atoms with Crippen LogP contribution in [0.5, 0.6) is 0 Å². The van der Waals surface area contributed by atoms with Crippen LogP contribution in [-0.2, 0) is 16.0 Å². The van der Waals surface area contributed by atoms with Gasteiger partial charge < -0.3 is 15.0 Å². The summed E-state index contributed by atoms with van der Waals surface area (Å²) in [5.74, 6) is 0.822. The largest absolute Gasteiger partial charge is 0.466 e. The Balaban J connectivity index is 1.98. The van der Waals surface area contributed by atoms with Crippen molar-refractivity contribution in [2.75, 3.05) is 37.7 Å². The molecule has 7 nitrogen and oxygen atoms in total. The lowest BCUT2D eigenvalue weighted by atomic mass is 9.99. The number of para-hydroxylation sites is 2. The Hall–Kier alpha value is -3.11. The molecule has 3 heterocycles. The van der Waals surface area contributed by atoms with E-state index in [2.05, 4.69) is 20.7 Å². The summed E-state index contributed by atoms with van der Waals surface area (Å²) >= 11 is 0. The number of hydrogen-bond acceptors (Lipinski definition) is 6. The Bertz CT molecular complexity index is 1110.